The molecule has 0 saturated carbocycles. The molecule has 0 amide bonds. The number of carbonyl (C=O) groups is 2. The lowest BCUT2D eigenvalue weighted by molar-refractivity contribution is -0.0140. The molecule has 0 spiro atoms. The zero-order valence-electron chi connectivity index (χ0n) is 18.1. The van der Waals surface area contributed by atoms with E-state index in [-0.39, 0.29) is 24.0 Å². The number of hydrogen-bond donors (Lipinski definition) is 4. The van der Waals surface area contributed by atoms with Crippen molar-refractivity contribution in [2.75, 3.05) is 0 Å². The molecule has 0 aliphatic heterocycles. The van der Waals surface area contributed by atoms with Gasteiger partial charge in [0.2, 0.25) is 0 Å². The predicted octanol–water partition coefficient (Wildman–Crippen LogP) is 4.57. The van der Waals surface area contributed by atoms with Crippen molar-refractivity contribution >= 4 is 11.9 Å². The van der Waals surface area contributed by atoms with E-state index in [0.717, 1.165) is 12.8 Å². The molecule has 0 aromatic heterocycles. The first-order valence-electron chi connectivity index (χ1n) is 10.1. The Hall–Kier alpha value is -2.70. The number of rotatable bonds is 7. The summed E-state index contributed by atoms with van der Waals surface area (Å²) >= 11 is 0. The Morgan fingerprint density at radius 2 is 1.10 bits per heavy atom. The highest BCUT2D eigenvalue weighted by molar-refractivity contribution is 5.87. The van der Waals surface area contributed by atoms with E-state index in [2.05, 4.69) is 0 Å². The Morgan fingerprint density at radius 1 is 0.733 bits per heavy atom. The van der Waals surface area contributed by atoms with Crippen LogP contribution in [0, 0.1) is 11.8 Å². The van der Waals surface area contributed by atoms with Crippen LogP contribution in [0.1, 0.15) is 61.3 Å². The SMILES string of the molecule is CCC(O)C(CC)C(O)C(C)C.O=C(O)c1ccccc1.O=C(O)c1ccccc1. The maximum Gasteiger partial charge on any atom is 0.335 e. The van der Waals surface area contributed by atoms with Gasteiger partial charge in [-0.05, 0) is 43.0 Å². The number of aliphatic hydroxyl groups excluding tert-OH is 2. The van der Waals surface area contributed by atoms with Crippen molar-refractivity contribution < 1.29 is 30.0 Å². The molecule has 0 saturated heterocycles. The minimum atomic E-state index is -0.879. The third-order valence-corrected chi connectivity index (χ3v) is 4.55. The van der Waals surface area contributed by atoms with Crippen molar-refractivity contribution in [2.24, 2.45) is 11.8 Å². The highest BCUT2D eigenvalue weighted by Gasteiger charge is 2.25. The molecule has 2 aromatic rings. The summed E-state index contributed by atoms with van der Waals surface area (Å²) in [6, 6.07) is 16.6. The summed E-state index contributed by atoms with van der Waals surface area (Å²) in [4.78, 5) is 20.4. The molecule has 3 unspecified atom stereocenters. The Morgan fingerprint density at radius 3 is 1.30 bits per heavy atom. The summed E-state index contributed by atoms with van der Waals surface area (Å²) in [6.07, 6.45) is 0.841. The van der Waals surface area contributed by atoms with Gasteiger partial charge in [-0.3, -0.25) is 0 Å². The third kappa shape index (κ3) is 10.7. The quantitative estimate of drug-likeness (QED) is 0.524. The van der Waals surface area contributed by atoms with Gasteiger partial charge in [-0.25, -0.2) is 9.59 Å². The third-order valence-electron chi connectivity index (χ3n) is 4.55. The van der Waals surface area contributed by atoms with E-state index in [1.165, 1.54) is 0 Å². The molecule has 2 aromatic carbocycles. The van der Waals surface area contributed by atoms with Gasteiger partial charge in [-0.15, -0.1) is 0 Å². The first-order valence-corrected chi connectivity index (χ1v) is 10.1. The van der Waals surface area contributed by atoms with Crippen LogP contribution in [0.4, 0.5) is 0 Å². The van der Waals surface area contributed by atoms with Crippen molar-refractivity contribution in [3.63, 3.8) is 0 Å². The molecule has 0 fully saturated rings. The summed E-state index contributed by atoms with van der Waals surface area (Å²) in [5.74, 6) is -1.49. The molecule has 0 aliphatic rings. The summed E-state index contributed by atoms with van der Waals surface area (Å²) in [6.45, 7) is 7.92. The van der Waals surface area contributed by atoms with Gasteiger partial charge in [0.15, 0.2) is 0 Å². The van der Waals surface area contributed by atoms with E-state index in [4.69, 9.17) is 10.2 Å². The van der Waals surface area contributed by atoms with E-state index in [0.29, 0.717) is 11.1 Å². The second kappa shape index (κ2) is 15.2. The largest absolute Gasteiger partial charge is 0.478 e. The van der Waals surface area contributed by atoms with Gasteiger partial charge in [0.1, 0.15) is 0 Å². The molecule has 3 atom stereocenters. The summed E-state index contributed by atoms with van der Waals surface area (Å²) in [5, 5.41) is 36.1. The van der Waals surface area contributed by atoms with Crippen LogP contribution in [0.25, 0.3) is 0 Å². The second-order valence-electron chi connectivity index (χ2n) is 7.12. The minimum absolute atomic E-state index is 0.0370. The fourth-order valence-electron chi connectivity index (χ4n) is 2.70. The topological polar surface area (TPSA) is 115 Å². The maximum absolute atomic E-state index is 10.2. The van der Waals surface area contributed by atoms with Crippen LogP contribution in [0.5, 0.6) is 0 Å². The minimum Gasteiger partial charge on any atom is -0.478 e. The van der Waals surface area contributed by atoms with E-state index in [1.54, 1.807) is 60.7 Å². The number of aliphatic hydroxyl groups is 2. The van der Waals surface area contributed by atoms with Crippen LogP contribution < -0.4 is 0 Å². The van der Waals surface area contributed by atoms with Crippen molar-refractivity contribution in [1.82, 2.24) is 0 Å². The molecule has 30 heavy (non-hydrogen) atoms. The van der Waals surface area contributed by atoms with Crippen LogP contribution in [0.2, 0.25) is 0 Å². The second-order valence-corrected chi connectivity index (χ2v) is 7.12. The molecule has 0 aliphatic carbocycles. The zero-order chi connectivity index (χ0) is 23.1. The molecule has 6 heteroatoms. The van der Waals surface area contributed by atoms with Crippen molar-refractivity contribution in [3.8, 4) is 0 Å². The lowest BCUT2D eigenvalue weighted by atomic mass is 9.86. The number of hydrogen-bond acceptors (Lipinski definition) is 4. The van der Waals surface area contributed by atoms with Crippen molar-refractivity contribution in [2.45, 2.75) is 52.7 Å². The number of benzene rings is 2. The zero-order valence-corrected chi connectivity index (χ0v) is 18.1. The van der Waals surface area contributed by atoms with E-state index >= 15 is 0 Å². The van der Waals surface area contributed by atoms with Crippen LogP contribution in [0.15, 0.2) is 60.7 Å². The predicted molar refractivity (Wildman–Crippen MR) is 118 cm³/mol. The fourth-order valence-corrected chi connectivity index (χ4v) is 2.70. The smallest absolute Gasteiger partial charge is 0.335 e. The molecular weight excluding hydrogens is 384 g/mol. The number of aromatic carboxylic acids is 2. The standard InChI is InChI=1S/C10H22O2.2C7H6O2/c1-5-8(9(11)6-2)10(12)7(3)4;2*8-7(9)6-4-2-1-3-5-6/h7-12H,5-6H2,1-4H3;2*1-5H,(H,8,9). The molecule has 4 N–H and O–H groups in total. The average Bonchev–Trinajstić information content (AvgIpc) is 2.76. The van der Waals surface area contributed by atoms with Crippen LogP contribution in [0.3, 0.4) is 0 Å². The van der Waals surface area contributed by atoms with Gasteiger partial charge in [-0.2, -0.15) is 0 Å². The van der Waals surface area contributed by atoms with Crippen molar-refractivity contribution in [3.05, 3.63) is 71.8 Å². The monoisotopic (exact) mass is 418 g/mol. The molecule has 6 nitrogen and oxygen atoms in total. The van der Waals surface area contributed by atoms with Crippen molar-refractivity contribution in [1.29, 1.82) is 0 Å². The molecule has 0 radical (unpaired) electrons. The first kappa shape index (κ1) is 27.3. The molecular formula is C24H34O6. The molecule has 166 valence electrons. The van der Waals surface area contributed by atoms with Crippen LogP contribution in [-0.4, -0.2) is 44.6 Å². The highest BCUT2D eigenvalue weighted by Crippen LogP contribution is 2.21. The van der Waals surface area contributed by atoms with Gasteiger partial charge < -0.3 is 20.4 Å². The van der Waals surface area contributed by atoms with E-state index < -0.39 is 11.9 Å². The molecule has 0 heterocycles. The van der Waals surface area contributed by atoms with Crippen LogP contribution >= 0.6 is 0 Å². The Labute approximate surface area is 178 Å². The lowest BCUT2D eigenvalue weighted by Crippen LogP contribution is -2.34. The summed E-state index contributed by atoms with van der Waals surface area (Å²) in [5.41, 5.74) is 0.662. The normalized spacial score (nSPS) is 13.0. The Bertz CT molecular complexity index is 665. The fraction of sp³-hybridized carbons (Fsp3) is 0.417. The molecule has 2 rings (SSSR count). The van der Waals surface area contributed by atoms with Gasteiger partial charge in [0.05, 0.1) is 23.3 Å². The van der Waals surface area contributed by atoms with Gasteiger partial charge in [0, 0.05) is 5.92 Å². The van der Waals surface area contributed by atoms with E-state index in [9.17, 15) is 19.8 Å². The number of carboxylic acids is 2. The average molecular weight is 419 g/mol. The first-order chi connectivity index (χ1) is 14.1. The van der Waals surface area contributed by atoms with Gasteiger partial charge >= 0.3 is 11.9 Å². The maximum atomic E-state index is 10.2. The Kier molecular flexibility index (Phi) is 13.8. The van der Waals surface area contributed by atoms with Gasteiger partial charge in [0.25, 0.3) is 0 Å². The van der Waals surface area contributed by atoms with Crippen LogP contribution in [-0.2, 0) is 0 Å². The Balaban J connectivity index is 0.000000426. The van der Waals surface area contributed by atoms with E-state index in [1.807, 2.05) is 27.7 Å². The summed E-state index contributed by atoms with van der Waals surface area (Å²) in [7, 11) is 0. The number of carboxylic acid groups (broad SMARTS) is 2. The summed E-state index contributed by atoms with van der Waals surface area (Å²) < 4.78 is 0. The highest BCUT2D eigenvalue weighted by atomic mass is 16.4. The molecule has 0 bridgehead atoms. The van der Waals surface area contributed by atoms with Gasteiger partial charge in [-0.1, -0.05) is 64.1 Å². The lowest BCUT2D eigenvalue weighted by Gasteiger charge is -2.28.